The molecular formula is C21H26ClN3O3. The van der Waals surface area contributed by atoms with Crippen molar-refractivity contribution in [2.24, 2.45) is 0 Å². The van der Waals surface area contributed by atoms with Crippen molar-refractivity contribution in [3.63, 3.8) is 0 Å². The van der Waals surface area contributed by atoms with Gasteiger partial charge in [0.1, 0.15) is 12.4 Å². The molecule has 0 aliphatic carbocycles. The standard InChI is InChI=1S/C21H26ClN3O3/c1-15-5-4-6-19(16(15)2)24-21(27)14-25(3)13-20(26)23-11-12-28-18-9-7-17(22)8-10-18/h4-10H,11-14H2,1-3H3,(H,23,26)(H,24,27). The Morgan fingerprint density at radius 2 is 1.71 bits per heavy atom. The molecule has 2 rings (SSSR count). The van der Waals surface area contributed by atoms with Crippen molar-refractivity contribution in [2.45, 2.75) is 13.8 Å². The predicted octanol–water partition coefficient (Wildman–Crippen LogP) is 3.02. The number of aryl methyl sites for hydroxylation is 1. The van der Waals surface area contributed by atoms with Gasteiger partial charge in [0.05, 0.1) is 19.6 Å². The Balaban J connectivity index is 1.66. The number of hydrogen-bond acceptors (Lipinski definition) is 4. The van der Waals surface area contributed by atoms with Gasteiger partial charge in [-0.2, -0.15) is 0 Å². The van der Waals surface area contributed by atoms with E-state index in [4.69, 9.17) is 16.3 Å². The van der Waals surface area contributed by atoms with Gasteiger partial charge >= 0.3 is 0 Å². The fourth-order valence-corrected chi connectivity index (χ4v) is 2.69. The minimum absolute atomic E-state index is 0.126. The van der Waals surface area contributed by atoms with Crippen molar-refractivity contribution >= 4 is 29.1 Å². The maximum absolute atomic E-state index is 12.2. The second-order valence-electron chi connectivity index (χ2n) is 6.62. The van der Waals surface area contributed by atoms with Crippen molar-refractivity contribution in [3.05, 3.63) is 58.6 Å². The molecule has 2 N–H and O–H groups in total. The SMILES string of the molecule is Cc1cccc(NC(=O)CN(C)CC(=O)NCCOc2ccc(Cl)cc2)c1C. The molecule has 0 aliphatic heterocycles. The first kappa shape index (κ1) is 21.7. The van der Waals surface area contributed by atoms with E-state index in [-0.39, 0.29) is 24.9 Å². The minimum atomic E-state index is -0.165. The molecule has 7 heteroatoms. The highest BCUT2D eigenvalue weighted by Gasteiger charge is 2.12. The average Bonchev–Trinajstić information content (AvgIpc) is 2.64. The lowest BCUT2D eigenvalue weighted by molar-refractivity contribution is -0.123. The van der Waals surface area contributed by atoms with Gasteiger partial charge in [0, 0.05) is 10.7 Å². The van der Waals surface area contributed by atoms with E-state index in [1.165, 1.54) is 0 Å². The summed E-state index contributed by atoms with van der Waals surface area (Å²) in [5.74, 6) is 0.371. The number of nitrogens with zero attached hydrogens (tertiary/aromatic N) is 1. The number of carbonyl (C=O) groups excluding carboxylic acids is 2. The number of halogens is 1. The summed E-state index contributed by atoms with van der Waals surface area (Å²) in [6, 6.07) is 12.8. The molecule has 0 bridgehead atoms. The highest BCUT2D eigenvalue weighted by atomic mass is 35.5. The quantitative estimate of drug-likeness (QED) is 0.631. The maximum Gasteiger partial charge on any atom is 0.238 e. The maximum atomic E-state index is 12.2. The number of benzene rings is 2. The molecule has 0 fully saturated rings. The number of ether oxygens (including phenoxy) is 1. The van der Waals surface area contributed by atoms with Gasteiger partial charge in [-0.25, -0.2) is 0 Å². The van der Waals surface area contributed by atoms with Gasteiger partial charge in [0.2, 0.25) is 11.8 Å². The average molecular weight is 404 g/mol. The molecule has 0 saturated heterocycles. The fourth-order valence-electron chi connectivity index (χ4n) is 2.57. The van der Waals surface area contributed by atoms with Crippen LogP contribution >= 0.6 is 11.6 Å². The van der Waals surface area contributed by atoms with Crippen LogP contribution in [0.4, 0.5) is 5.69 Å². The Labute approximate surface area is 170 Å². The third kappa shape index (κ3) is 7.21. The van der Waals surface area contributed by atoms with Crippen LogP contribution in [-0.2, 0) is 9.59 Å². The Hall–Kier alpha value is -2.57. The van der Waals surface area contributed by atoms with Crippen molar-refractivity contribution in [2.75, 3.05) is 38.6 Å². The first-order valence-corrected chi connectivity index (χ1v) is 9.42. The summed E-state index contributed by atoms with van der Waals surface area (Å²) in [6.07, 6.45) is 0. The summed E-state index contributed by atoms with van der Waals surface area (Å²) in [6.45, 7) is 4.95. The molecule has 0 spiro atoms. The molecule has 2 aromatic rings. The smallest absolute Gasteiger partial charge is 0.238 e. The Morgan fingerprint density at radius 3 is 2.43 bits per heavy atom. The number of anilines is 1. The van der Waals surface area contributed by atoms with E-state index in [2.05, 4.69) is 10.6 Å². The zero-order chi connectivity index (χ0) is 20.5. The van der Waals surface area contributed by atoms with Crippen LogP contribution < -0.4 is 15.4 Å². The molecule has 0 saturated carbocycles. The lowest BCUT2D eigenvalue weighted by Gasteiger charge is -2.17. The zero-order valence-corrected chi connectivity index (χ0v) is 17.2. The van der Waals surface area contributed by atoms with Gasteiger partial charge in [-0.3, -0.25) is 14.5 Å². The first-order valence-electron chi connectivity index (χ1n) is 9.05. The van der Waals surface area contributed by atoms with Crippen molar-refractivity contribution in [1.29, 1.82) is 0 Å². The number of nitrogens with one attached hydrogen (secondary N) is 2. The lowest BCUT2D eigenvalue weighted by atomic mass is 10.1. The molecule has 6 nitrogen and oxygen atoms in total. The summed E-state index contributed by atoms with van der Waals surface area (Å²) < 4.78 is 5.52. The van der Waals surface area contributed by atoms with Crippen LogP contribution in [0.5, 0.6) is 5.75 Å². The number of likely N-dealkylation sites (N-methyl/N-ethyl adjacent to an activating group) is 1. The van der Waals surface area contributed by atoms with Crippen LogP contribution in [0.3, 0.4) is 0 Å². The molecule has 0 atom stereocenters. The molecule has 2 aromatic carbocycles. The second-order valence-corrected chi connectivity index (χ2v) is 7.06. The van der Waals surface area contributed by atoms with Crippen LogP contribution in [0.15, 0.2) is 42.5 Å². The van der Waals surface area contributed by atoms with E-state index in [0.29, 0.717) is 23.9 Å². The molecule has 2 amide bonds. The monoisotopic (exact) mass is 403 g/mol. The van der Waals surface area contributed by atoms with E-state index in [1.54, 1.807) is 36.2 Å². The van der Waals surface area contributed by atoms with E-state index in [1.807, 2.05) is 32.0 Å². The Kier molecular flexibility index (Phi) is 8.29. The second kappa shape index (κ2) is 10.7. The van der Waals surface area contributed by atoms with Crippen molar-refractivity contribution < 1.29 is 14.3 Å². The molecule has 28 heavy (non-hydrogen) atoms. The van der Waals surface area contributed by atoms with Crippen molar-refractivity contribution in [1.82, 2.24) is 10.2 Å². The summed E-state index contributed by atoms with van der Waals surface area (Å²) in [5.41, 5.74) is 2.95. The normalized spacial score (nSPS) is 10.6. The van der Waals surface area contributed by atoms with Gasteiger partial charge < -0.3 is 15.4 Å². The van der Waals surface area contributed by atoms with Gasteiger partial charge in [-0.1, -0.05) is 23.7 Å². The summed E-state index contributed by atoms with van der Waals surface area (Å²) >= 11 is 5.81. The molecule has 0 aromatic heterocycles. The van der Waals surface area contributed by atoms with Gasteiger partial charge in [0.15, 0.2) is 0 Å². The molecule has 0 radical (unpaired) electrons. The predicted molar refractivity (Wildman–Crippen MR) is 112 cm³/mol. The van der Waals surface area contributed by atoms with Crippen LogP contribution in [0, 0.1) is 13.8 Å². The van der Waals surface area contributed by atoms with E-state index in [0.717, 1.165) is 16.8 Å². The molecule has 0 aliphatic rings. The summed E-state index contributed by atoms with van der Waals surface area (Å²) in [4.78, 5) is 25.8. The lowest BCUT2D eigenvalue weighted by Crippen LogP contribution is -2.40. The topological polar surface area (TPSA) is 70.7 Å². The van der Waals surface area contributed by atoms with E-state index in [9.17, 15) is 9.59 Å². The summed E-state index contributed by atoms with van der Waals surface area (Å²) in [7, 11) is 1.73. The van der Waals surface area contributed by atoms with Gasteiger partial charge in [-0.05, 0) is 62.4 Å². The van der Waals surface area contributed by atoms with Crippen LogP contribution in [-0.4, -0.2) is 50.0 Å². The van der Waals surface area contributed by atoms with Crippen LogP contribution in [0.1, 0.15) is 11.1 Å². The van der Waals surface area contributed by atoms with Crippen molar-refractivity contribution in [3.8, 4) is 5.75 Å². The number of hydrogen-bond donors (Lipinski definition) is 2. The highest BCUT2D eigenvalue weighted by molar-refractivity contribution is 6.30. The molecule has 150 valence electrons. The first-order chi connectivity index (χ1) is 13.3. The largest absolute Gasteiger partial charge is 0.492 e. The van der Waals surface area contributed by atoms with E-state index < -0.39 is 0 Å². The summed E-state index contributed by atoms with van der Waals surface area (Å²) in [5, 5.41) is 6.30. The third-order valence-electron chi connectivity index (χ3n) is 4.21. The van der Waals surface area contributed by atoms with E-state index >= 15 is 0 Å². The van der Waals surface area contributed by atoms with Gasteiger partial charge in [-0.15, -0.1) is 0 Å². The minimum Gasteiger partial charge on any atom is -0.492 e. The number of carbonyl (C=O) groups is 2. The molecular weight excluding hydrogens is 378 g/mol. The fraction of sp³-hybridized carbons (Fsp3) is 0.333. The van der Waals surface area contributed by atoms with Crippen LogP contribution in [0.2, 0.25) is 5.02 Å². The number of rotatable bonds is 9. The zero-order valence-electron chi connectivity index (χ0n) is 16.4. The van der Waals surface area contributed by atoms with Gasteiger partial charge in [0.25, 0.3) is 0 Å². The molecule has 0 unspecified atom stereocenters. The Bertz CT molecular complexity index is 809. The Morgan fingerprint density at radius 1 is 1.04 bits per heavy atom. The highest BCUT2D eigenvalue weighted by Crippen LogP contribution is 2.17. The van der Waals surface area contributed by atoms with Crippen LogP contribution in [0.25, 0.3) is 0 Å². The molecule has 0 heterocycles. The number of amides is 2. The third-order valence-corrected chi connectivity index (χ3v) is 4.46.